The Morgan fingerprint density at radius 1 is 1.21 bits per heavy atom. The molecule has 0 fully saturated rings. The third-order valence-electron chi connectivity index (χ3n) is 2.47. The summed E-state index contributed by atoms with van der Waals surface area (Å²) in [5.74, 6) is 2.20. The second-order valence-corrected chi connectivity index (χ2v) is 3.63. The molecule has 0 saturated carbocycles. The highest BCUT2D eigenvalue weighted by Gasteiger charge is 2.17. The van der Waals surface area contributed by atoms with Crippen molar-refractivity contribution in [2.45, 2.75) is 19.8 Å². The fourth-order valence-corrected chi connectivity index (χ4v) is 1.64. The maximum atomic E-state index is 5.40. The SMILES string of the molecule is CC(CCC1=NCCO1)C1=NCCO1. The van der Waals surface area contributed by atoms with Crippen molar-refractivity contribution < 1.29 is 9.47 Å². The Kier molecular flexibility index (Phi) is 3.01. The zero-order chi connectivity index (χ0) is 9.80. The van der Waals surface area contributed by atoms with Crippen molar-refractivity contribution >= 4 is 11.8 Å². The van der Waals surface area contributed by atoms with Crippen molar-refractivity contribution in [1.82, 2.24) is 0 Å². The van der Waals surface area contributed by atoms with Crippen LogP contribution in [0.5, 0.6) is 0 Å². The molecule has 14 heavy (non-hydrogen) atoms. The summed E-state index contributed by atoms with van der Waals surface area (Å²) in [7, 11) is 0. The van der Waals surface area contributed by atoms with Gasteiger partial charge < -0.3 is 9.47 Å². The Balaban J connectivity index is 1.74. The largest absolute Gasteiger partial charge is 0.479 e. The zero-order valence-electron chi connectivity index (χ0n) is 8.53. The lowest BCUT2D eigenvalue weighted by atomic mass is 10.1. The third kappa shape index (κ3) is 2.25. The highest BCUT2D eigenvalue weighted by atomic mass is 16.5. The quantitative estimate of drug-likeness (QED) is 0.679. The van der Waals surface area contributed by atoms with Crippen molar-refractivity contribution in [3.63, 3.8) is 0 Å². The second-order valence-electron chi connectivity index (χ2n) is 3.63. The molecule has 0 radical (unpaired) electrons. The van der Waals surface area contributed by atoms with Crippen molar-refractivity contribution in [2.75, 3.05) is 26.3 Å². The van der Waals surface area contributed by atoms with Gasteiger partial charge in [0, 0.05) is 12.3 Å². The molecule has 0 spiro atoms. The summed E-state index contributed by atoms with van der Waals surface area (Å²) < 4.78 is 10.7. The summed E-state index contributed by atoms with van der Waals surface area (Å²) >= 11 is 0. The normalized spacial score (nSPS) is 22.4. The topological polar surface area (TPSA) is 43.2 Å². The lowest BCUT2D eigenvalue weighted by Gasteiger charge is -2.10. The maximum absolute atomic E-state index is 5.40. The van der Waals surface area contributed by atoms with E-state index in [-0.39, 0.29) is 0 Å². The van der Waals surface area contributed by atoms with E-state index in [1.165, 1.54) is 0 Å². The molecule has 0 amide bonds. The van der Waals surface area contributed by atoms with Crippen molar-refractivity contribution in [1.29, 1.82) is 0 Å². The maximum Gasteiger partial charge on any atom is 0.186 e. The molecule has 2 rings (SSSR count). The van der Waals surface area contributed by atoms with E-state index in [2.05, 4.69) is 16.9 Å². The molecule has 1 unspecified atom stereocenters. The van der Waals surface area contributed by atoms with Gasteiger partial charge in [0.25, 0.3) is 0 Å². The number of hydrogen-bond donors (Lipinski definition) is 0. The summed E-state index contributed by atoms with van der Waals surface area (Å²) in [6, 6.07) is 0. The first-order valence-electron chi connectivity index (χ1n) is 5.19. The molecule has 0 aliphatic carbocycles. The summed E-state index contributed by atoms with van der Waals surface area (Å²) in [4.78, 5) is 8.54. The first kappa shape index (κ1) is 9.49. The van der Waals surface area contributed by atoms with Gasteiger partial charge in [0.05, 0.1) is 13.1 Å². The van der Waals surface area contributed by atoms with Gasteiger partial charge in [0.15, 0.2) is 11.8 Å². The second kappa shape index (κ2) is 4.44. The number of nitrogens with zero attached hydrogens (tertiary/aromatic N) is 2. The lowest BCUT2D eigenvalue weighted by Crippen LogP contribution is -2.13. The molecular formula is C10H16N2O2. The van der Waals surface area contributed by atoms with Gasteiger partial charge in [-0.25, -0.2) is 0 Å². The summed E-state index contributed by atoms with van der Waals surface area (Å²) in [6.07, 6.45) is 1.92. The van der Waals surface area contributed by atoms with Crippen LogP contribution >= 0.6 is 0 Å². The van der Waals surface area contributed by atoms with E-state index in [1.54, 1.807) is 0 Å². The number of aliphatic imine (C=N–C) groups is 2. The Bertz CT molecular complexity index is 261. The van der Waals surface area contributed by atoms with Gasteiger partial charge in [0.2, 0.25) is 0 Å². The minimum atomic E-state index is 0.393. The number of rotatable bonds is 4. The Morgan fingerprint density at radius 2 is 2.00 bits per heavy atom. The average molecular weight is 196 g/mol. The van der Waals surface area contributed by atoms with E-state index in [0.29, 0.717) is 5.92 Å². The van der Waals surface area contributed by atoms with Crippen LogP contribution in [0.1, 0.15) is 19.8 Å². The molecule has 78 valence electrons. The van der Waals surface area contributed by atoms with Gasteiger partial charge in [-0.15, -0.1) is 0 Å². The van der Waals surface area contributed by atoms with E-state index in [9.17, 15) is 0 Å². The molecule has 2 aliphatic heterocycles. The van der Waals surface area contributed by atoms with E-state index < -0.39 is 0 Å². The molecule has 0 bridgehead atoms. The summed E-state index contributed by atoms with van der Waals surface area (Å²) in [6.45, 7) is 5.27. The van der Waals surface area contributed by atoms with Gasteiger partial charge in [-0.3, -0.25) is 9.98 Å². The van der Waals surface area contributed by atoms with Crippen LogP contribution in [-0.2, 0) is 9.47 Å². The minimum Gasteiger partial charge on any atom is -0.479 e. The monoisotopic (exact) mass is 196 g/mol. The predicted molar refractivity (Wildman–Crippen MR) is 54.9 cm³/mol. The summed E-state index contributed by atoms with van der Waals surface area (Å²) in [5, 5.41) is 0. The van der Waals surface area contributed by atoms with E-state index in [4.69, 9.17) is 9.47 Å². The molecule has 0 N–H and O–H groups in total. The van der Waals surface area contributed by atoms with Crippen LogP contribution in [0.3, 0.4) is 0 Å². The Hall–Kier alpha value is -1.06. The van der Waals surface area contributed by atoms with Crippen LogP contribution in [0.4, 0.5) is 0 Å². The van der Waals surface area contributed by atoms with Crippen LogP contribution in [-0.4, -0.2) is 38.1 Å². The number of hydrogen-bond acceptors (Lipinski definition) is 4. The molecule has 0 aromatic heterocycles. The van der Waals surface area contributed by atoms with Crippen LogP contribution in [0, 0.1) is 5.92 Å². The van der Waals surface area contributed by atoms with Gasteiger partial charge in [0.1, 0.15) is 13.2 Å². The van der Waals surface area contributed by atoms with Crippen molar-refractivity contribution in [3.8, 4) is 0 Å². The van der Waals surface area contributed by atoms with Crippen LogP contribution in [0.2, 0.25) is 0 Å². The first-order chi connectivity index (χ1) is 6.86. The van der Waals surface area contributed by atoms with E-state index >= 15 is 0 Å². The van der Waals surface area contributed by atoms with E-state index in [1.807, 2.05) is 0 Å². The van der Waals surface area contributed by atoms with Crippen LogP contribution < -0.4 is 0 Å². The van der Waals surface area contributed by atoms with Crippen LogP contribution in [0.25, 0.3) is 0 Å². The molecule has 2 heterocycles. The molecule has 0 saturated heterocycles. The Labute approximate surface area is 84.0 Å². The van der Waals surface area contributed by atoms with E-state index in [0.717, 1.165) is 50.9 Å². The molecule has 0 aromatic rings. The molecule has 1 atom stereocenters. The Morgan fingerprint density at radius 3 is 2.64 bits per heavy atom. The highest BCUT2D eigenvalue weighted by Crippen LogP contribution is 2.14. The van der Waals surface area contributed by atoms with Gasteiger partial charge in [-0.1, -0.05) is 6.92 Å². The fourth-order valence-electron chi connectivity index (χ4n) is 1.64. The smallest absolute Gasteiger partial charge is 0.186 e. The molecule has 0 aromatic carbocycles. The standard InChI is InChI=1S/C10H16N2O2/c1-8(10-12-5-7-14-10)2-3-9-11-4-6-13-9/h8H,2-7H2,1H3. The highest BCUT2D eigenvalue weighted by molar-refractivity contribution is 5.81. The number of ether oxygens (including phenoxy) is 2. The van der Waals surface area contributed by atoms with Crippen molar-refractivity contribution in [2.24, 2.45) is 15.9 Å². The average Bonchev–Trinajstić information content (AvgIpc) is 2.87. The van der Waals surface area contributed by atoms with Gasteiger partial charge in [-0.05, 0) is 6.42 Å². The minimum absolute atomic E-state index is 0.393. The molecule has 4 heteroatoms. The third-order valence-corrected chi connectivity index (χ3v) is 2.47. The molecule has 4 nitrogen and oxygen atoms in total. The molecular weight excluding hydrogens is 180 g/mol. The van der Waals surface area contributed by atoms with Gasteiger partial charge in [-0.2, -0.15) is 0 Å². The van der Waals surface area contributed by atoms with Crippen LogP contribution in [0.15, 0.2) is 9.98 Å². The fraction of sp³-hybridized carbons (Fsp3) is 0.800. The van der Waals surface area contributed by atoms with Gasteiger partial charge >= 0.3 is 0 Å². The zero-order valence-corrected chi connectivity index (χ0v) is 8.53. The lowest BCUT2D eigenvalue weighted by molar-refractivity contribution is 0.317. The van der Waals surface area contributed by atoms with Crippen molar-refractivity contribution in [3.05, 3.63) is 0 Å². The predicted octanol–water partition coefficient (Wildman–Crippen LogP) is 1.26. The first-order valence-corrected chi connectivity index (χ1v) is 5.19. The molecule has 2 aliphatic rings. The summed E-state index contributed by atoms with van der Waals surface area (Å²) in [5.41, 5.74) is 0.